The van der Waals surface area contributed by atoms with Gasteiger partial charge in [0.1, 0.15) is 5.75 Å². The number of ether oxygens (including phenoxy) is 2. The second-order valence-electron chi connectivity index (χ2n) is 5.98. The van der Waals surface area contributed by atoms with E-state index in [0.29, 0.717) is 17.2 Å². The predicted octanol–water partition coefficient (Wildman–Crippen LogP) is 6.99. The largest absolute Gasteiger partial charge is 0.491 e. The van der Waals surface area contributed by atoms with Crippen LogP contribution in [0.1, 0.15) is 30.9 Å². The average Bonchev–Trinajstić information content (AvgIpc) is 3.00. The summed E-state index contributed by atoms with van der Waals surface area (Å²) in [6.07, 6.45) is 3.71. The first-order chi connectivity index (χ1) is 13.4. The van der Waals surface area contributed by atoms with Crippen LogP contribution in [-0.2, 0) is 9.53 Å². The number of benzene rings is 2. The fourth-order valence-corrected chi connectivity index (χ4v) is 4.60. The Bertz CT molecular complexity index is 968. The number of rotatable bonds is 6. The quantitative estimate of drug-likeness (QED) is 0.148. The minimum atomic E-state index is -0.513. The maximum Gasteiger partial charge on any atom is 0.363 e. The van der Waals surface area contributed by atoms with Crippen molar-refractivity contribution in [1.82, 2.24) is 0 Å². The van der Waals surface area contributed by atoms with E-state index in [1.54, 1.807) is 12.1 Å². The number of hydrogen-bond acceptors (Lipinski definition) is 4. The number of hydrogen-bond donors (Lipinski definition) is 0. The third-order valence-electron chi connectivity index (χ3n) is 3.85. The Kier molecular flexibility index (Phi) is 7.58. The molecule has 0 fully saturated rings. The van der Waals surface area contributed by atoms with Crippen LogP contribution in [-0.4, -0.2) is 18.5 Å². The van der Waals surface area contributed by atoms with Crippen LogP contribution in [0.5, 0.6) is 5.75 Å². The Morgan fingerprint density at radius 2 is 1.96 bits per heavy atom. The maximum absolute atomic E-state index is 12.3. The number of esters is 1. The van der Waals surface area contributed by atoms with E-state index in [0.717, 1.165) is 36.7 Å². The van der Waals surface area contributed by atoms with Crippen LogP contribution in [0.4, 0.5) is 0 Å². The van der Waals surface area contributed by atoms with E-state index in [9.17, 15) is 4.79 Å². The summed E-state index contributed by atoms with van der Waals surface area (Å²) in [7, 11) is 0. The van der Waals surface area contributed by atoms with E-state index in [1.807, 2.05) is 24.3 Å². The van der Waals surface area contributed by atoms with Gasteiger partial charge in [0.2, 0.25) is 5.90 Å². The second kappa shape index (κ2) is 9.73. The Labute approximate surface area is 198 Å². The van der Waals surface area contributed by atoms with Gasteiger partial charge in [-0.2, -0.15) is 0 Å². The molecule has 0 saturated carbocycles. The van der Waals surface area contributed by atoms with Crippen LogP contribution in [0.2, 0.25) is 5.02 Å². The van der Waals surface area contributed by atoms with E-state index < -0.39 is 5.97 Å². The van der Waals surface area contributed by atoms with Gasteiger partial charge < -0.3 is 9.47 Å². The van der Waals surface area contributed by atoms with Crippen molar-refractivity contribution in [3.8, 4) is 5.75 Å². The highest BCUT2D eigenvalue weighted by Gasteiger charge is 2.26. The molecule has 0 radical (unpaired) electrons. The summed E-state index contributed by atoms with van der Waals surface area (Å²) in [6.45, 7) is 2.76. The predicted molar refractivity (Wildman–Crippen MR) is 127 cm³/mol. The highest BCUT2D eigenvalue weighted by Crippen LogP contribution is 2.36. The van der Waals surface area contributed by atoms with Gasteiger partial charge in [-0.3, -0.25) is 0 Å². The molecule has 2 aromatic carbocycles. The van der Waals surface area contributed by atoms with E-state index in [-0.39, 0.29) is 11.6 Å². The molecule has 0 aromatic heterocycles. The fraction of sp³-hybridized carbons (Fsp3) is 0.200. The molecule has 1 aliphatic rings. The van der Waals surface area contributed by atoms with Gasteiger partial charge in [-0.05, 0) is 103 Å². The fourth-order valence-electron chi connectivity index (χ4n) is 2.46. The number of carbonyl (C=O) groups excluding carboxylic acids is 1. The lowest BCUT2D eigenvalue weighted by Gasteiger charge is -2.11. The summed E-state index contributed by atoms with van der Waals surface area (Å²) in [5, 5.41) is 0.479. The van der Waals surface area contributed by atoms with Gasteiger partial charge in [-0.25, -0.2) is 9.79 Å². The van der Waals surface area contributed by atoms with E-state index in [1.165, 1.54) is 0 Å². The molecular weight excluding hydrogens is 624 g/mol. The van der Waals surface area contributed by atoms with Crippen LogP contribution in [0.15, 0.2) is 50.0 Å². The van der Waals surface area contributed by atoms with Crippen LogP contribution in [0.25, 0.3) is 6.08 Å². The zero-order chi connectivity index (χ0) is 20.3. The molecule has 1 heterocycles. The molecule has 0 unspecified atom stereocenters. The average molecular weight is 640 g/mol. The SMILES string of the molecule is CCCCOc1c(Br)cc(/C=C2\N=C(c3cc(I)ccc3Cl)OC2=O)cc1Br. The Morgan fingerprint density at radius 1 is 1.25 bits per heavy atom. The minimum absolute atomic E-state index is 0.206. The molecule has 3 rings (SSSR count). The molecule has 4 nitrogen and oxygen atoms in total. The maximum atomic E-state index is 12.3. The van der Waals surface area contributed by atoms with Gasteiger partial charge in [0, 0.05) is 3.57 Å². The van der Waals surface area contributed by atoms with Gasteiger partial charge in [0.15, 0.2) is 5.70 Å². The summed E-state index contributed by atoms with van der Waals surface area (Å²) in [4.78, 5) is 16.6. The van der Waals surface area contributed by atoms with Gasteiger partial charge in [0.25, 0.3) is 0 Å². The Balaban J connectivity index is 1.89. The van der Waals surface area contributed by atoms with Crippen molar-refractivity contribution in [3.05, 3.63) is 64.7 Å². The zero-order valence-electron chi connectivity index (χ0n) is 14.8. The highest BCUT2D eigenvalue weighted by atomic mass is 127. The number of aliphatic imine (C=N–C) groups is 1. The van der Waals surface area contributed by atoms with E-state index in [4.69, 9.17) is 21.1 Å². The van der Waals surface area contributed by atoms with Gasteiger partial charge in [0.05, 0.1) is 26.1 Å². The normalized spacial score (nSPS) is 15.0. The van der Waals surface area contributed by atoms with Crippen LogP contribution < -0.4 is 4.74 Å². The lowest BCUT2D eigenvalue weighted by atomic mass is 10.2. The molecule has 0 spiro atoms. The van der Waals surface area contributed by atoms with E-state index >= 15 is 0 Å². The van der Waals surface area contributed by atoms with Crippen molar-refractivity contribution in [2.75, 3.05) is 6.61 Å². The molecule has 2 aromatic rings. The molecule has 8 heteroatoms. The van der Waals surface area contributed by atoms with Crippen molar-refractivity contribution in [3.63, 3.8) is 0 Å². The third-order valence-corrected chi connectivity index (χ3v) is 6.03. The number of carbonyl (C=O) groups is 1. The van der Waals surface area contributed by atoms with Crippen molar-refractivity contribution < 1.29 is 14.3 Å². The molecule has 0 aliphatic carbocycles. The molecule has 28 heavy (non-hydrogen) atoms. The third kappa shape index (κ3) is 5.17. The number of cyclic esters (lactones) is 1. The molecule has 1 aliphatic heterocycles. The highest BCUT2D eigenvalue weighted by molar-refractivity contribution is 14.1. The Hall–Kier alpha value is -0.900. The number of unbranched alkanes of at least 4 members (excludes halogenated alkanes) is 1. The molecule has 0 N–H and O–H groups in total. The van der Waals surface area contributed by atoms with Crippen molar-refractivity contribution in [2.45, 2.75) is 19.8 Å². The summed E-state index contributed by atoms with van der Waals surface area (Å²) >= 11 is 15.4. The monoisotopic (exact) mass is 637 g/mol. The minimum Gasteiger partial charge on any atom is -0.491 e. The summed E-state index contributed by atoms with van der Waals surface area (Å²) in [5.41, 5.74) is 1.59. The molecule has 0 saturated heterocycles. The molecule has 0 amide bonds. The van der Waals surface area contributed by atoms with Crippen molar-refractivity contribution in [2.24, 2.45) is 4.99 Å². The molecule has 0 bridgehead atoms. The van der Waals surface area contributed by atoms with Gasteiger partial charge in [-0.15, -0.1) is 0 Å². The summed E-state index contributed by atoms with van der Waals surface area (Å²) < 4.78 is 13.7. The number of nitrogens with zero attached hydrogens (tertiary/aromatic N) is 1. The second-order valence-corrected chi connectivity index (χ2v) is 9.34. The smallest absolute Gasteiger partial charge is 0.363 e. The first-order valence-corrected chi connectivity index (χ1v) is 11.5. The van der Waals surface area contributed by atoms with Gasteiger partial charge >= 0.3 is 5.97 Å². The first-order valence-electron chi connectivity index (χ1n) is 8.49. The molecular formula is C20H15Br2ClINO3. The summed E-state index contributed by atoms with van der Waals surface area (Å²) in [6, 6.07) is 9.20. The topological polar surface area (TPSA) is 47.9 Å². The zero-order valence-corrected chi connectivity index (χ0v) is 20.9. The lowest BCUT2D eigenvalue weighted by molar-refractivity contribution is -0.129. The first kappa shape index (κ1) is 21.8. The van der Waals surface area contributed by atoms with Gasteiger partial charge in [-0.1, -0.05) is 24.9 Å². The summed E-state index contributed by atoms with van der Waals surface area (Å²) in [5.74, 6) is 0.428. The van der Waals surface area contributed by atoms with Crippen LogP contribution >= 0.6 is 66.1 Å². The van der Waals surface area contributed by atoms with Crippen LogP contribution in [0.3, 0.4) is 0 Å². The van der Waals surface area contributed by atoms with Crippen LogP contribution in [0, 0.1) is 3.57 Å². The number of halogens is 4. The van der Waals surface area contributed by atoms with Crippen molar-refractivity contribution in [1.29, 1.82) is 0 Å². The standard InChI is InChI=1S/C20H15Br2ClINO3/c1-2-3-6-27-18-14(21)7-11(8-15(18)22)9-17-20(26)28-19(25-17)13-10-12(24)4-5-16(13)23/h4-5,7-10H,2-3,6H2,1H3/b17-9-. The van der Waals surface area contributed by atoms with Crippen molar-refractivity contribution >= 4 is 84.0 Å². The lowest BCUT2D eigenvalue weighted by Crippen LogP contribution is -2.06. The molecule has 146 valence electrons. The Morgan fingerprint density at radius 3 is 2.64 bits per heavy atom. The van der Waals surface area contributed by atoms with E-state index in [2.05, 4.69) is 66.4 Å². The molecule has 0 atom stereocenters.